The minimum absolute atomic E-state index is 0. The Morgan fingerprint density at radius 2 is 1.69 bits per heavy atom. The van der Waals surface area contributed by atoms with Gasteiger partial charge in [-0.05, 0) is 25.9 Å². The number of piperazine rings is 1. The maximum absolute atomic E-state index is 12.2. The summed E-state index contributed by atoms with van der Waals surface area (Å²) in [7, 11) is 0. The van der Waals surface area contributed by atoms with E-state index in [1.54, 1.807) is 0 Å². The number of ether oxygens (including phenoxy) is 1. The first kappa shape index (κ1) is 25.9. The molecule has 156 valence electrons. The number of hydrogen-bond acceptors (Lipinski definition) is 5. The van der Waals surface area contributed by atoms with E-state index in [0.29, 0.717) is 18.4 Å². The number of hydrogen-bond donors (Lipinski definition) is 1. The van der Waals surface area contributed by atoms with Crippen molar-refractivity contribution < 1.29 is 9.53 Å². The van der Waals surface area contributed by atoms with Crippen molar-refractivity contribution in [1.82, 2.24) is 20.0 Å². The van der Waals surface area contributed by atoms with Crippen LogP contribution in [0.5, 0.6) is 0 Å². The van der Waals surface area contributed by atoms with Crippen LogP contribution in [-0.2, 0) is 9.53 Å². The van der Waals surface area contributed by atoms with Crippen LogP contribution in [0.1, 0.15) is 33.1 Å². The van der Waals surface area contributed by atoms with Crippen LogP contribution in [0.4, 0.5) is 0 Å². The standard InChI is InChI=1S/C18H36N4O2.2ClH/c1-3-20(4-2)15-16-24-17-5-10-21(11-6-17)12-7-18(23)22-13-8-19-9-14-22;;/h17,19H,3-16H2,1-2H3;2*1H. The number of nitrogens with one attached hydrogen (secondary N) is 1. The Bertz CT molecular complexity index is 359. The second-order valence-corrected chi connectivity index (χ2v) is 6.82. The largest absolute Gasteiger partial charge is 0.377 e. The minimum Gasteiger partial charge on any atom is -0.377 e. The van der Waals surface area contributed by atoms with Crippen molar-refractivity contribution in [1.29, 1.82) is 0 Å². The molecule has 2 heterocycles. The fraction of sp³-hybridized carbons (Fsp3) is 0.944. The predicted molar refractivity (Wildman–Crippen MR) is 112 cm³/mol. The van der Waals surface area contributed by atoms with Crippen LogP contribution >= 0.6 is 24.8 Å². The summed E-state index contributed by atoms with van der Waals surface area (Å²) in [4.78, 5) is 19.0. The fourth-order valence-corrected chi connectivity index (χ4v) is 3.51. The van der Waals surface area contributed by atoms with Gasteiger partial charge in [-0.1, -0.05) is 13.8 Å². The van der Waals surface area contributed by atoms with Gasteiger partial charge < -0.3 is 24.8 Å². The molecule has 8 heteroatoms. The van der Waals surface area contributed by atoms with Crippen molar-refractivity contribution in [3.63, 3.8) is 0 Å². The van der Waals surface area contributed by atoms with Gasteiger partial charge in [0.05, 0.1) is 12.7 Å². The third-order valence-corrected chi connectivity index (χ3v) is 5.30. The van der Waals surface area contributed by atoms with Crippen LogP contribution in [0, 0.1) is 0 Å². The second-order valence-electron chi connectivity index (χ2n) is 6.82. The van der Waals surface area contributed by atoms with Crippen LogP contribution in [-0.4, -0.2) is 98.8 Å². The number of carbonyl (C=O) groups excluding carboxylic acids is 1. The topological polar surface area (TPSA) is 48.1 Å². The first-order chi connectivity index (χ1) is 11.7. The van der Waals surface area contributed by atoms with Gasteiger partial charge in [0, 0.05) is 58.8 Å². The Morgan fingerprint density at radius 3 is 2.27 bits per heavy atom. The smallest absolute Gasteiger partial charge is 0.223 e. The van der Waals surface area contributed by atoms with Gasteiger partial charge in [0.1, 0.15) is 0 Å². The Hall–Kier alpha value is -0.110. The maximum atomic E-state index is 12.2. The average Bonchev–Trinajstić information content (AvgIpc) is 2.65. The van der Waals surface area contributed by atoms with E-state index in [0.717, 1.165) is 84.9 Å². The van der Waals surface area contributed by atoms with E-state index in [2.05, 4.69) is 29.0 Å². The van der Waals surface area contributed by atoms with Crippen LogP contribution in [0.3, 0.4) is 0 Å². The van der Waals surface area contributed by atoms with Gasteiger partial charge >= 0.3 is 0 Å². The van der Waals surface area contributed by atoms with Crippen molar-refractivity contribution in [2.24, 2.45) is 0 Å². The number of amides is 1. The third kappa shape index (κ3) is 9.20. The Balaban J connectivity index is 0.00000312. The molecule has 0 aliphatic carbocycles. The van der Waals surface area contributed by atoms with E-state index in [1.807, 2.05) is 4.90 Å². The van der Waals surface area contributed by atoms with Crippen molar-refractivity contribution in [3.8, 4) is 0 Å². The molecule has 26 heavy (non-hydrogen) atoms. The Labute approximate surface area is 171 Å². The molecule has 0 radical (unpaired) electrons. The average molecular weight is 413 g/mol. The van der Waals surface area contributed by atoms with E-state index in [-0.39, 0.29) is 24.8 Å². The van der Waals surface area contributed by atoms with Crippen LogP contribution in [0.15, 0.2) is 0 Å². The van der Waals surface area contributed by atoms with Gasteiger partial charge in [-0.3, -0.25) is 4.79 Å². The molecule has 1 N–H and O–H groups in total. The summed E-state index contributed by atoms with van der Waals surface area (Å²) in [5.74, 6) is 0.314. The van der Waals surface area contributed by atoms with Gasteiger partial charge in [-0.15, -0.1) is 24.8 Å². The molecule has 0 saturated carbocycles. The SMILES string of the molecule is CCN(CC)CCOC1CCN(CCC(=O)N2CCNCC2)CC1.Cl.Cl. The summed E-state index contributed by atoms with van der Waals surface area (Å²) in [6.07, 6.45) is 3.26. The molecular weight excluding hydrogens is 375 g/mol. The highest BCUT2D eigenvalue weighted by atomic mass is 35.5. The lowest BCUT2D eigenvalue weighted by Gasteiger charge is -2.33. The molecule has 0 atom stereocenters. The zero-order valence-corrected chi connectivity index (χ0v) is 18.1. The molecule has 2 aliphatic rings. The van der Waals surface area contributed by atoms with Crippen molar-refractivity contribution >= 4 is 30.7 Å². The van der Waals surface area contributed by atoms with Gasteiger partial charge in [0.15, 0.2) is 0 Å². The molecule has 2 fully saturated rings. The molecule has 2 saturated heterocycles. The number of halogens is 2. The number of likely N-dealkylation sites (N-methyl/N-ethyl adjacent to an activating group) is 1. The highest BCUT2D eigenvalue weighted by molar-refractivity contribution is 5.85. The summed E-state index contributed by atoms with van der Waals surface area (Å²) in [5, 5.41) is 3.29. The maximum Gasteiger partial charge on any atom is 0.223 e. The molecule has 0 aromatic carbocycles. The molecule has 0 aromatic rings. The number of carbonyl (C=O) groups is 1. The Morgan fingerprint density at radius 1 is 1.08 bits per heavy atom. The summed E-state index contributed by atoms with van der Waals surface area (Å²) in [5.41, 5.74) is 0. The Kier molecular flexibility index (Phi) is 14.8. The number of nitrogens with zero attached hydrogens (tertiary/aromatic N) is 3. The summed E-state index contributed by atoms with van der Waals surface area (Å²) in [6, 6.07) is 0. The third-order valence-electron chi connectivity index (χ3n) is 5.30. The molecular formula is C18H38Cl2N4O2. The molecule has 0 spiro atoms. The van der Waals surface area contributed by atoms with Gasteiger partial charge in [-0.2, -0.15) is 0 Å². The highest BCUT2D eigenvalue weighted by Crippen LogP contribution is 2.14. The van der Waals surface area contributed by atoms with E-state index in [1.165, 1.54) is 0 Å². The number of piperidine rings is 1. The summed E-state index contributed by atoms with van der Waals surface area (Å²) in [6.45, 7) is 15.1. The van der Waals surface area contributed by atoms with E-state index < -0.39 is 0 Å². The quantitative estimate of drug-likeness (QED) is 0.621. The van der Waals surface area contributed by atoms with E-state index >= 15 is 0 Å². The molecule has 6 nitrogen and oxygen atoms in total. The molecule has 1 amide bonds. The van der Waals surface area contributed by atoms with Crippen LogP contribution in [0.2, 0.25) is 0 Å². The van der Waals surface area contributed by atoms with Gasteiger partial charge in [0.25, 0.3) is 0 Å². The van der Waals surface area contributed by atoms with E-state index in [9.17, 15) is 4.79 Å². The number of rotatable bonds is 9. The second kappa shape index (κ2) is 14.9. The monoisotopic (exact) mass is 412 g/mol. The summed E-state index contributed by atoms with van der Waals surface area (Å²) < 4.78 is 6.04. The van der Waals surface area contributed by atoms with Gasteiger partial charge in [0.2, 0.25) is 5.91 Å². The first-order valence-electron chi connectivity index (χ1n) is 9.77. The molecule has 2 rings (SSSR count). The normalized spacial score (nSPS) is 19.1. The number of likely N-dealkylation sites (tertiary alicyclic amines) is 1. The minimum atomic E-state index is 0. The molecule has 0 unspecified atom stereocenters. The van der Waals surface area contributed by atoms with Crippen molar-refractivity contribution in [2.75, 3.05) is 72.1 Å². The zero-order chi connectivity index (χ0) is 17.2. The highest BCUT2D eigenvalue weighted by Gasteiger charge is 2.22. The van der Waals surface area contributed by atoms with E-state index in [4.69, 9.17) is 4.74 Å². The fourth-order valence-electron chi connectivity index (χ4n) is 3.51. The zero-order valence-electron chi connectivity index (χ0n) is 16.5. The van der Waals surface area contributed by atoms with Gasteiger partial charge in [-0.25, -0.2) is 0 Å². The van der Waals surface area contributed by atoms with Crippen LogP contribution < -0.4 is 5.32 Å². The lowest BCUT2D eigenvalue weighted by atomic mass is 10.1. The van der Waals surface area contributed by atoms with Crippen LogP contribution in [0.25, 0.3) is 0 Å². The lowest BCUT2D eigenvalue weighted by molar-refractivity contribution is -0.132. The molecule has 0 bridgehead atoms. The predicted octanol–water partition coefficient (Wildman–Crippen LogP) is 1.47. The molecule has 0 aromatic heterocycles. The molecule has 2 aliphatic heterocycles. The van der Waals surface area contributed by atoms with Crippen molar-refractivity contribution in [2.45, 2.75) is 39.2 Å². The first-order valence-corrected chi connectivity index (χ1v) is 9.77. The summed E-state index contributed by atoms with van der Waals surface area (Å²) >= 11 is 0. The lowest BCUT2D eigenvalue weighted by Crippen LogP contribution is -2.47. The van der Waals surface area contributed by atoms with Crippen molar-refractivity contribution in [3.05, 3.63) is 0 Å².